The lowest BCUT2D eigenvalue weighted by molar-refractivity contribution is -0.166. The van der Waals surface area contributed by atoms with Gasteiger partial charge in [-0.15, -0.1) is 0 Å². The van der Waals surface area contributed by atoms with Crippen LogP contribution in [0.25, 0.3) is 0 Å². The number of unbranched alkanes of at least 4 members (excludes halogenated alkanes) is 10. The Morgan fingerprint density at radius 1 is 0.309 bits per heavy atom. The van der Waals surface area contributed by atoms with E-state index < -0.39 is 6.10 Å². The zero-order valence-electron chi connectivity index (χ0n) is 43.0. The third kappa shape index (κ3) is 52.0. The Kier molecular flexibility index (Phi) is 50.6. The fraction of sp³-hybridized carbons (Fsp3) is 0.532. The van der Waals surface area contributed by atoms with Crippen molar-refractivity contribution in [3.63, 3.8) is 0 Å². The van der Waals surface area contributed by atoms with Crippen molar-refractivity contribution >= 4 is 17.9 Å². The molecule has 0 N–H and O–H groups in total. The van der Waals surface area contributed by atoms with Crippen molar-refractivity contribution in [2.45, 2.75) is 200 Å². The Morgan fingerprint density at radius 3 is 1.09 bits per heavy atom. The van der Waals surface area contributed by atoms with E-state index in [0.29, 0.717) is 19.3 Å². The second-order valence-corrected chi connectivity index (χ2v) is 16.7. The van der Waals surface area contributed by atoms with E-state index in [1.807, 2.05) is 12.2 Å². The van der Waals surface area contributed by atoms with Crippen LogP contribution in [0.2, 0.25) is 0 Å². The molecule has 6 heteroatoms. The number of hydrogen-bond acceptors (Lipinski definition) is 6. The molecule has 0 rings (SSSR count). The summed E-state index contributed by atoms with van der Waals surface area (Å²) < 4.78 is 16.7. The normalized spacial score (nSPS) is 13.4. The van der Waals surface area contributed by atoms with E-state index in [4.69, 9.17) is 14.2 Å². The molecule has 1 atom stereocenters. The van der Waals surface area contributed by atoms with Crippen LogP contribution in [0.1, 0.15) is 194 Å². The molecule has 378 valence electrons. The van der Waals surface area contributed by atoms with Crippen molar-refractivity contribution in [1.82, 2.24) is 0 Å². The van der Waals surface area contributed by atoms with E-state index in [2.05, 4.69) is 167 Å². The minimum Gasteiger partial charge on any atom is -0.462 e. The predicted octanol–water partition coefficient (Wildman–Crippen LogP) is 17.8. The molecule has 0 saturated carbocycles. The van der Waals surface area contributed by atoms with Gasteiger partial charge in [-0.3, -0.25) is 14.4 Å². The van der Waals surface area contributed by atoms with Gasteiger partial charge in [-0.25, -0.2) is 0 Å². The zero-order chi connectivity index (χ0) is 49.3. The molecule has 0 radical (unpaired) electrons. The van der Waals surface area contributed by atoms with Crippen LogP contribution in [-0.2, 0) is 28.6 Å². The maximum absolute atomic E-state index is 12.8. The molecule has 1 unspecified atom stereocenters. The summed E-state index contributed by atoms with van der Waals surface area (Å²) in [5, 5.41) is 0. The van der Waals surface area contributed by atoms with Crippen LogP contribution in [0.5, 0.6) is 0 Å². The summed E-state index contributed by atoms with van der Waals surface area (Å²) in [7, 11) is 0. The largest absolute Gasteiger partial charge is 0.462 e. The van der Waals surface area contributed by atoms with Gasteiger partial charge in [-0.2, -0.15) is 0 Å². The SMILES string of the molecule is CC\C=C/C=C\C=C/CCCCCCCCCC(=O)OCC(COC(=O)CC/C=C\C/C=C\C/C=C\C/C=C\C/C=C\C/C=C\CC)OC(=O)CCCCC/C=C\C/C=C\C/C=C\C/C=C\CC. The van der Waals surface area contributed by atoms with Gasteiger partial charge in [0.05, 0.1) is 0 Å². The third-order valence-corrected chi connectivity index (χ3v) is 10.3. The highest BCUT2D eigenvalue weighted by molar-refractivity contribution is 5.71. The van der Waals surface area contributed by atoms with Crippen molar-refractivity contribution < 1.29 is 28.6 Å². The number of allylic oxidation sites excluding steroid dienone is 26. The van der Waals surface area contributed by atoms with Crippen molar-refractivity contribution in [1.29, 1.82) is 0 Å². The lowest BCUT2D eigenvalue weighted by atomic mass is 10.1. The van der Waals surface area contributed by atoms with Gasteiger partial charge in [-0.05, 0) is 116 Å². The number of carbonyl (C=O) groups excluding carboxylic acids is 3. The molecule has 0 aromatic heterocycles. The number of carbonyl (C=O) groups is 3. The summed E-state index contributed by atoms with van der Waals surface area (Å²) in [6.07, 6.45) is 79.5. The standard InChI is InChI=1S/C62H94O6/c1-4-7-10-13-16-19-22-25-28-30-31-32-35-37-40-43-46-49-52-55-61(64)67-58-59(57-66-60(63)54-51-48-45-42-39-36-33-27-24-21-18-15-12-9-6-3)68-62(65)56-53-50-47-44-41-38-34-29-26-23-20-17-14-11-8-5-2/h7-12,15-21,24-26,28-29,31-32,37-38,40-41,46,49,59H,4-6,13-14,22-23,27,30,33-36,39,42-45,47-48,50-58H2,1-3H3/b10-7-,11-8-,12-9-,18-15-,19-16-,20-17-,24-21-,28-25-,29-26-,32-31-,40-37-,41-38-,49-46-. The minimum absolute atomic E-state index is 0.128. The molecule has 0 fully saturated rings. The Bertz CT molecular complexity index is 1590. The van der Waals surface area contributed by atoms with Gasteiger partial charge in [-0.1, -0.05) is 217 Å². The smallest absolute Gasteiger partial charge is 0.306 e. The Labute approximate surface area is 416 Å². The fourth-order valence-corrected chi connectivity index (χ4v) is 6.46. The second kappa shape index (κ2) is 54.6. The van der Waals surface area contributed by atoms with Crippen LogP contribution in [0, 0.1) is 0 Å². The molecule has 0 amide bonds. The van der Waals surface area contributed by atoms with Crippen molar-refractivity contribution in [3.8, 4) is 0 Å². The first-order valence-electron chi connectivity index (χ1n) is 26.5. The summed E-state index contributed by atoms with van der Waals surface area (Å²) in [6.45, 7) is 6.15. The number of esters is 3. The van der Waals surface area contributed by atoms with Gasteiger partial charge >= 0.3 is 17.9 Å². The molecular weight excluding hydrogens is 841 g/mol. The highest BCUT2D eigenvalue weighted by Gasteiger charge is 2.19. The number of hydrogen-bond donors (Lipinski definition) is 0. The van der Waals surface area contributed by atoms with E-state index in [1.165, 1.54) is 19.3 Å². The fourth-order valence-electron chi connectivity index (χ4n) is 6.46. The maximum atomic E-state index is 12.8. The van der Waals surface area contributed by atoms with Crippen molar-refractivity contribution in [2.75, 3.05) is 13.2 Å². The Balaban J connectivity index is 4.61. The molecule has 68 heavy (non-hydrogen) atoms. The van der Waals surface area contributed by atoms with Gasteiger partial charge in [0.15, 0.2) is 6.10 Å². The van der Waals surface area contributed by atoms with E-state index >= 15 is 0 Å². The summed E-state index contributed by atoms with van der Waals surface area (Å²) in [4.78, 5) is 38.0. The lowest BCUT2D eigenvalue weighted by Gasteiger charge is -2.18. The lowest BCUT2D eigenvalue weighted by Crippen LogP contribution is -2.30. The molecule has 0 aliphatic rings. The first-order valence-corrected chi connectivity index (χ1v) is 26.5. The molecule has 0 bridgehead atoms. The van der Waals surface area contributed by atoms with Gasteiger partial charge in [0.2, 0.25) is 0 Å². The Hall–Kier alpha value is -4.97. The average Bonchev–Trinajstić information content (AvgIpc) is 3.34. The van der Waals surface area contributed by atoms with E-state index in [9.17, 15) is 14.4 Å². The molecule has 0 saturated heterocycles. The summed E-state index contributed by atoms with van der Waals surface area (Å²) in [5.41, 5.74) is 0. The summed E-state index contributed by atoms with van der Waals surface area (Å²) in [6, 6.07) is 0. The third-order valence-electron chi connectivity index (χ3n) is 10.3. The molecule has 0 aromatic carbocycles. The van der Waals surface area contributed by atoms with Crippen molar-refractivity contribution in [2.24, 2.45) is 0 Å². The van der Waals surface area contributed by atoms with E-state index in [1.54, 1.807) is 0 Å². The average molecular weight is 935 g/mol. The molecule has 6 nitrogen and oxygen atoms in total. The molecule has 0 aliphatic heterocycles. The van der Waals surface area contributed by atoms with Crippen LogP contribution >= 0.6 is 0 Å². The molecule has 0 spiro atoms. The van der Waals surface area contributed by atoms with Gasteiger partial charge < -0.3 is 14.2 Å². The first kappa shape index (κ1) is 63.0. The topological polar surface area (TPSA) is 78.9 Å². The molecule has 0 heterocycles. The van der Waals surface area contributed by atoms with Crippen LogP contribution in [0.15, 0.2) is 158 Å². The molecular formula is C62H94O6. The van der Waals surface area contributed by atoms with Crippen molar-refractivity contribution in [3.05, 3.63) is 158 Å². The van der Waals surface area contributed by atoms with Crippen LogP contribution in [0.4, 0.5) is 0 Å². The summed E-state index contributed by atoms with van der Waals surface area (Å²) >= 11 is 0. The zero-order valence-corrected chi connectivity index (χ0v) is 43.0. The van der Waals surface area contributed by atoms with Crippen LogP contribution in [-0.4, -0.2) is 37.2 Å². The Morgan fingerprint density at radius 2 is 0.632 bits per heavy atom. The summed E-state index contributed by atoms with van der Waals surface area (Å²) in [5.74, 6) is -1.07. The van der Waals surface area contributed by atoms with Gasteiger partial charge in [0.1, 0.15) is 13.2 Å². The monoisotopic (exact) mass is 935 g/mol. The highest BCUT2D eigenvalue weighted by atomic mass is 16.6. The quantitative estimate of drug-likeness (QED) is 0.0199. The van der Waals surface area contributed by atoms with Gasteiger partial charge in [0, 0.05) is 19.3 Å². The molecule has 0 aliphatic carbocycles. The molecule has 0 aromatic rings. The van der Waals surface area contributed by atoms with Crippen LogP contribution in [0.3, 0.4) is 0 Å². The highest BCUT2D eigenvalue weighted by Crippen LogP contribution is 2.12. The van der Waals surface area contributed by atoms with E-state index in [-0.39, 0.29) is 44.0 Å². The maximum Gasteiger partial charge on any atom is 0.306 e. The number of ether oxygens (including phenoxy) is 3. The first-order chi connectivity index (χ1) is 33.5. The number of rotatable bonds is 45. The predicted molar refractivity (Wildman–Crippen MR) is 292 cm³/mol. The minimum atomic E-state index is -0.839. The van der Waals surface area contributed by atoms with Gasteiger partial charge in [0.25, 0.3) is 0 Å². The van der Waals surface area contributed by atoms with E-state index in [0.717, 1.165) is 122 Å². The second-order valence-electron chi connectivity index (χ2n) is 16.7. The van der Waals surface area contributed by atoms with Crippen LogP contribution < -0.4 is 0 Å².